The van der Waals surface area contributed by atoms with Crippen molar-refractivity contribution < 1.29 is 17.6 Å². The zero-order valence-corrected chi connectivity index (χ0v) is 18.4. The van der Waals surface area contributed by atoms with Crippen molar-refractivity contribution in [1.29, 1.82) is 0 Å². The lowest BCUT2D eigenvalue weighted by Crippen LogP contribution is -2.37. The maximum Gasteiger partial charge on any atom is 0.289 e. The molecule has 1 aliphatic rings. The highest BCUT2D eigenvalue weighted by molar-refractivity contribution is 9.10. The van der Waals surface area contributed by atoms with Gasteiger partial charge in [0.05, 0.1) is 4.90 Å². The molecule has 6 nitrogen and oxygen atoms in total. The molecule has 0 aliphatic carbocycles. The zero-order valence-electron chi connectivity index (χ0n) is 16.0. The molecule has 1 saturated heterocycles. The molecule has 1 amide bonds. The minimum Gasteiger partial charge on any atom is -0.451 e. The van der Waals surface area contributed by atoms with Crippen LogP contribution in [0.4, 0.5) is 0 Å². The van der Waals surface area contributed by atoms with Crippen molar-refractivity contribution >= 4 is 42.8 Å². The number of hydrogen-bond donors (Lipinski definition) is 0. The van der Waals surface area contributed by atoms with Crippen molar-refractivity contribution in [2.24, 2.45) is 0 Å². The predicted molar refractivity (Wildman–Crippen MR) is 114 cm³/mol. The Morgan fingerprint density at radius 2 is 1.76 bits per heavy atom. The number of benzene rings is 2. The second kappa shape index (κ2) is 7.93. The third kappa shape index (κ3) is 4.10. The first kappa shape index (κ1) is 20.1. The van der Waals surface area contributed by atoms with Crippen LogP contribution < -0.4 is 0 Å². The van der Waals surface area contributed by atoms with Gasteiger partial charge in [-0.05, 0) is 49.7 Å². The highest BCUT2D eigenvalue weighted by atomic mass is 79.9. The van der Waals surface area contributed by atoms with Crippen LogP contribution in [0.2, 0.25) is 0 Å². The maximum absolute atomic E-state index is 12.9. The van der Waals surface area contributed by atoms with E-state index in [-0.39, 0.29) is 23.1 Å². The summed E-state index contributed by atoms with van der Waals surface area (Å²) in [6.45, 7) is 3.37. The molecule has 1 aromatic heterocycles. The van der Waals surface area contributed by atoms with Crippen molar-refractivity contribution in [1.82, 2.24) is 9.21 Å². The molecule has 0 bridgehead atoms. The van der Waals surface area contributed by atoms with Gasteiger partial charge in [-0.25, -0.2) is 8.42 Å². The van der Waals surface area contributed by atoms with Gasteiger partial charge in [-0.2, -0.15) is 4.31 Å². The Balaban J connectivity index is 1.50. The molecule has 0 spiro atoms. The number of halogens is 1. The van der Waals surface area contributed by atoms with Crippen LogP contribution in [0.1, 0.15) is 22.5 Å². The molecular formula is C21H21BrN2O4S. The van der Waals surface area contributed by atoms with Gasteiger partial charge in [-0.15, -0.1) is 0 Å². The summed E-state index contributed by atoms with van der Waals surface area (Å²) < 4.78 is 34.0. The lowest BCUT2D eigenvalue weighted by Gasteiger charge is -2.21. The van der Waals surface area contributed by atoms with E-state index in [0.717, 1.165) is 15.4 Å². The second-order valence-corrected chi connectivity index (χ2v) is 10.0. The van der Waals surface area contributed by atoms with Crippen LogP contribution >= 0.6 is 15.9 Å². The fourth-order valence-corrected chi connectivity index (χ4v) is 5.32. The summed E-state index contributed by atoms with van der Waals surface area (Å²) in [7, 11) is -3.57. The Kier molecular flexibility index (Phi) is 5.50. The van der Waals surface area contributed by atoms with Crippen LogP contribution in [0, 0.1) is 6.92 Å². The number of rotatable bonds is 3. The van der Waals surface area contributed by atoms with Gasteiger partial charge in [0.2, 0.25) is 10.0 Å². The fraction of sp³-hybridized carbons (Fsp3) is 0.286. The van der Waals surface area contributed by atoms with Gasteiger partial charge in [0.1, 0.15) is 5.58 Å². The molecule has 8 heteroatoms. The van der Waals surface area contributed by atoms with Crippen LogP contribution in [0.5, 0.6) is 0 Å². The lowest BCUT2D eigenvalue weighted by molar-refractivity contribution is 0.0734. The Morgan fingerprint density at radius 3 is 2.52 bits per heavy atom. The summed E-state index contributed by atoms with van der Waals surface area (Å²) in [4.78, 5) is 14.9. The molecule has 0 saturated carbocycles. The first-order chi connectivity index (χ1) is 13.8. The van der Waals surface area contributed by atoms with E-state index in [1.807, 2.05) is 25.1 Å². The predicted octanol–water partition coefficient (Wildman–Crippen LogP) is 4.04. The quantitative estimate of drug-likeness (QED) is 0.571. The number of amides is 1. The van der Waals surface area contributed by atoms with Gasteiger partial charge in [0.15, 0.2) is 5.76 Å². The summed E-state index contributed by atoms with van der Waals surface area (Å²) in [6, 6.07) is 14.1. The summed E-state index contributed by atoms with van der Waals surface area (Å²) >= 11 is 3.41. The van der Waals surface area contributed by atoms with E-state index in [1.165, 1.54) is 4.31 Å². The minimum absolute atomic E-state index is 0.216. The van der Waals surface area contributed by atoms with Crippen molar-refractivity contribution in [3.63, 3.8) is 0 Å². The van der Waals surface area contributed by atoms with Crippen LogP contribution in [-0.2, 0) is 10.0 Å². The molecular weight excluding hydrogens is 456 g/mol. The van der Waals surface area contributed by atoms with Crippen molar-refractivity contribution in [3.05, 3.63) is 64.3 Å². The average Bonchev–Trinajstić information content (AvgIpc) is 2.94. The van der Waals surface area contributed by atoms with Crippen LogP contribution in [0.3, 0.4) is 0 Å². The number of carbonyl (C=O) groups is 1. The number of sulfonamides is 1. The van der Waals surface area contributed by atoms with Gasteiger partial charge in [0, 0.05) is 36.0 Å². The number of nitrogens with zero attached hydrogens (tertiary/aromatic N) is 2. The molecule has 1 fully saturated rings. The number of aryl methyl sites for hydroxylation is 1. The summed E-state index contributed by atoms with van der Waals surface area (Å²) in [5.74, 6) is 0.0554. The van der Waals surface area contributed by atoms with E-state index in [4.69, 9.17) is 4.42 Å². The van der Waals surface area contributed by atoms with Crippen LogP contribution in [0.25, 0.3) is 11.0 Å². The summed E-state index contributed by atoms with van der Waals surface area (Å²) in [6.07, 6.45) is 0.572. The molecule has 2 aromatic carbocycles. The van der Waals surface area contributed by atoms with Crippen molar-refractivity contribution in [2.45, 2.75) is 18.2 Å². The maximum atomic E-state index is 12.9. The molecule has 1 aliphatic heterocycles. The van der Waals surface area contributed by atoms with E-state index in [9.17, 15) is 13.2 Å². The Bertz CT molecular complexity index is 1160. The number of hydrogen-bond acceptors (Lipinski definition) is 4. The molecule has 152 valence electrons. The Labute approximate surface area is 178 Å². The third-order valence-corrected chi connectivity index (χ3v) is 7.50. The van der Waals surface area contributed by atoms with Gasteiger partial charge >= 0.3 is 0 Å². The van der Waals surface area contributed by atoms with Gasteiger partial charge in [-0.3, -0.25) is 4.79 Å². The van der Waals surface area contributed by atoms with E-state index in [1.54, 1.807) is 35.2 Å². The van der Waals surface area contributed by atoms with E-state index >= 15 is 0 Å². The van der Waals surface area contributed by atoms with Gasteiger partial charge < -0.3 is 9.32 Å². The molecule has 0 N–H and O–H groups in total. The van der Waals surface area contributed by atoms with Crippen LogP contribution in [0.15, 0.2) is 62.3 Å². The smallest absolute Gasteiger partial charge is 0.289 e. The first-order valence-corrected chi connectivity index (χ1v) is 11.6. The Hall–Kier alpha value is -2.16. The van der Waals surface area contributed by atoms with Crippen molar-refractivity contribution in [3.8, 4) is 0 Å². The number of carbonyl (C=O) groups excluding carboxylic acids is 1. The number of furan rings is 1. The Morgan fingerprint density at radius 1 is 1.00 bits per heavy atom. The molecule has 0 radical (unpaired) electrons. The fourth-order valence-electron chi connectivity index (χ4n) is 3.47. The topological polar surface area (TPSA) is 70.8 Å². The largest absolute Gasteiger partial charge is 0.451 e. The zero-order chi connectivity index (χ0) is 20.6. The summed E-state index contributed by atoms with van der Waals surface area (Å²) in [5, 5.41) is 0.848. The lowest BCUT2D eigenvalue weighted by atomic mass is 10.2. The number of fused-ring (bicyclic) bond motifs is 1. The highest BCUT2D eigenvalue weighted by Crippen LogP contribution is 2.25. The SMILES string of the molecule is Cc1ccc(S(=O)(=O)N2CCCN(C(=O)c3cc4cc(Br)ccc4o3)CC2)cc1. The average molecular weight is 477 g/mol. The first-order valence-electron chi connectivity index (χ1n) is 9.40. The van der Waals surface area contributed by atoms with Gasteiger partial charge in [-0.1, -0.05) is 33.6 Å². The summed E-state index contributed by atoms with van der Waals surface area (Å²) in [5.41, 5.74) is 1.66. The molecule has 3 aromatic rings. The van der Waals surface area contributed by atoms with Gasteiger partial charge in [0.25, 0.3) is 5.91 Å². The van der Waals surface area contributed by atoms with Crippen LogP contribution in [-0.4, -0.2) is 49.7 Å². The highest BCUT2D eigenvalue weighted by Gasteiger charge is 2.29. The molecule has 4 rings (SSSR count). The second-order valence-electron chi connectivity index (χ2n) is 7.16. The third-order valence-electron chi connectivity index (χ3n) is 5.09. The van der Waals surface area contributed by atoms with Crippen molar-refractivity contribution in [2.75, 3.05) is 26.2 Å². The molecule has 29 heavy (non-hydrogen) atoms. The van der Waals surface area contributed by atoms with E-state index < -0.39 is 10.0 Å². The molecule has 0 unspecified atom stereocenters. The monoisotopic (exact) mass is 476 g/mol. The molecule has 0 atom stereocenters. The normalized spacial score (nSPS) is 16.1. The van der Waals surface area contributed by atoms with E-state index in [0.29, 0.717) is 31.6 Å². The standard InChI is InChI=1S/C21H21BrN2O4S/c1-15-3-6-18(7-4-15)29(26,27)24-10-2-9-23(11-12-24)21(25)20-14-16-13-17(22)5-8-19(16)28-20/h3-8,13-14H,2,9-12H2,1H3. The van der Waals surface area contributed by atoms with E-state index in [2.05, 4.69) is 15.9 Å². The minimum atomic E-state index is -3.57. The molecule has 2 heterocycles.